The lowest BCUT2D eigenvalue weighted by molar-refractivity contribution is -0.145. The number of nitrogens with zero attached hydrogens (tertiary/aromatic N) is 1. The van der Waals surface area contributed by atoms with Crippen LogP contribution in [0.2, 0.25) is 0 Å². The summed E-state index contributed by atoms with van der Waals surface area (Å²) in [5.74, 6) is -1.14. The molecule has 1 saturated heterocycles. The Bertz CT molecular complexity index is 903. The molecule has 0 atom stereocenters. The summed E-state index contributed by atoms with van der Waals surface area (Å²) < 4.78 is 15.9. The number of carbonyl (C=O) groups excluding carboxylic acids is 4. The van der Waals surface area contributed by atoms with Crippen LogP contribution in [0.1, 0.15) is 45.1 Å². The Morgan fingerprint density at radius 1 is 1.10 bits per heavy atom. The second kappa shape index (κ2) is 10.1. The minimum Gasteiger partial charge on any atom is -0.490 e. The standard InChI is InChI=1S/C22H26N2O7/c1-3-29-18-12-14(9-10-17(18)31-13-19(25)30-4-2)11-16-20(26)23-22(28)24(21(16)27)15-7-5-6-8-15/h9-12,15H,3-8,13H2,1-2H3,(H,23,26,28)/b16-11+. The Hall–Kier alpha value is -3.36. The van der Waals surface area contributed by atoms with E-state index in [4.69, 9.17) is 14.2 Å². The van der Waals surface area contributed by atoms with Crippen LogP contribution in [0, 0.1) is 0 Å². The second-order valence-corrected chi connectivity index (χ2v) is 7.16. The third-order valence-electron chi connectivity index (χ3n) is 5.05. The van der Waals surface area contributed by atoms with Crippen molar-refractivity contribution < 1.29 is 33.4 Å². The molecule has 1 N–H and O–H groups in total. The molecule has 1 saturated carbocycles. The first-order chi connectivity index (χ1) is 14.9. The van der Waals surface area contributed by atoms with Gasteiger partial charge in [-0.1, -0.05) is 18.9 Å². The van der Waals surface area contributed by atoms with E-state index >= 15 is 0 Å². The number of imide groups is 2. The Kier molecular flexibility index (Phi) is 7.28. The van der Waals surface area contributed by atoms with Crippen molar-refractivity contribution in [3.63, 3.8) is 0 Å². The largest absolute Gasteiger partial charge is 0.490 e. The predicted octanol–water partition coefficient (Wildman–Crippen LogP) is 2.43. The highest BCUT2D eigenvalue weighted by atomic mass is 16.6. The van der Waals surface area contributed by atoms with E-state index in [1.165, 1.54) is 6.08 Å². The maximum atomic E-state index is 12.9. The number of hydrogen-bond acceptors (Lipinski definition) is 7. The summed E-state index contributed by atoms with van der Waals surface area (Å²) in [6.07, 6.45) is 4.78. The van der Waals surface area contributed by atoms with Gasteiger partial charge in [-0.25, -0.2) is 9.59 Å². The zero-order valence-corrected chi connectivity index (χ0v) is 17.6. The fourth-order valence-corrected chi connectivity index (χ4v) is 3.67. The third kappa shape index (κ3) is 5.22. The summed E-state index contributed by atoms with van der Waals surface area (Å²) in [4.78, 5) is 50.2. The molecule has 0 spiro atoms. The number of rotatable bonds is 8. The van der Waals surface area contributed by atoms with E-state index in [-0.39, 0.29) is 24.8 Å². The summed E-state index contributed by atoms with van der Waals surface area (Å²) >= 11 is 0. The first kappa shape index (κ1) is 22.3. The van der Waals surface area contributed by atoms with E-state index in [0.717, 1.165) is 30.6 Å². The predicted molar refractivity (Wildman–Crippen MR) is 110 cm³/mol. The van der Waals surface area contributed by atoms with Gasteiger partial charge in [-0.05, 0) is 50.5 Å². The number of amides is 4. The number of esters is 1. The number of nitrogens with one attached hydrogen (secondary N) is 1. The van der Waals surface area contributed by atoms with Crippen LogP contribution in [0.5, 0.6) is 11.5 Å². The quantitative estimate of drug-likeness (QED) is 0.383. The molecule has 31 heavy (non-hydrogen) atoms. The average Bonchev–Trinajstić information content (AvgIpc) is 3.25. The average molecular weight is 430 g/mol. The van der Waals surface area contributed by atoms with Crippen LogP contribution >= 0.6 is 0 Å². The molecule has 0 aromatic heterocycles. The van der Waals surface area contributed by atoms with Crippen LogP contribution < -0.4 is 14.8 Å². The minimum atomic E-state index is -0.732. The smallest absolute Gasteiger partial charge is 0.344 e. The van der Waals surface area contributed by atoms with Crippen molar-refractivity contribution in [1.29, 1.82) is 0 Å². The Morgan fingerprint density at radius 3 is 2.52 bits per heavy atom. The monoisotopic (exact) mass is 430 g/mol. The van der Waals surface area contributed by atoms with Gasteiger partial charge in [0.1, 0.15) is 5.57 Å². The molecule has 1 aromatic carbocycles. The number of ether oxygens (including phenoxy) is 3. The van der Waals surface area contributed by atoms with E-state index in [1.54, 1.807) is 32.0 Å². The van der Waals surface area contributed by atoms with Gasteiger partial charge in [0.25, 0.3) is 11.8 Å². The van der Waals surface area contributed by atoms with E-state index < -0.39 is 23.8 Å². The molecule has 1 heterocycles. The molecule has 0 unspecified atom stereocenters. The molecule has 4 amide bonds. The van der Waals surface area contributed by atoms with Gasteiger partial charge in [-0.2, -0.15) is 0 Å². The zero-order valence-electron chi connectivity index (χ0n) is 17.6. The number of hydrogen-bond donors (Lipinski definition) is 1. The first-order valence-corrected chi connectivity index (χ1v) is 10.4. The van der Waals surface area contributed by atoms with Crippen LogP contribution in [-0.2, 0) is 19.1 Å². The van der Waals surface area contributed by atoms with Gasteiger partial charge in [-0.15, -0.1) is 0 Å². The maximum absolute atomic E-state index is 12.9. The zero-order chi connectivity index (χ0) is 22.4. The van der Waals surface area contributed by atoms with Crippen LogP contribution in [0.3, 0.4) is 0 Å². The van der Waals surface area contributed by atoms with Crippen LogP contribution in [-0.4, -0.2) is 54.6 Å². The van der Waals surface area contributed by atoms with E-state index in [9.17, 15) is 19.2 Å². The lowest BCUT2D eigenvalue weighted by Crippen LogP contribution is -2.57. The molecular weight excluding hydrogens is 404 g/mol. The lowest BCUT2D eigenvalue weighted by atomic mass is 10.0. The van der Waals surface area contributed by atoms with Crippen molar-refractivity contribution in [3.05, 3.63) is 29.3 Å². The molecule has 3 rings (SSSR count). The normalized spacial score (nSPS) is 18.3. The van der Waals surface area contributed by atoms with Gasteiger partial charge in [0.2, 0.25) is 0 Å². The summed E-state index contributed by atoms with van der Waals surface area (Å²) in [5, 5.41) is 2.25. The van der Waals surface area contributed by atoms with Gasteiger partial charge in [0.05, 0.1) is 13.2 Å². The highest BCUT2D eigenvalue weighted by molar-refractivity contribution is 6.31. The number of urea groups is 1. The van der Waals surface area contributed by atoms with E-state index in [1.807, 2.05) is 0 Å². The van der Waals surface area contributed by atoms with Crippen molar-refractivity contribution in [2.24, 2.45) is 0 Å². The molecule has 1 aliphatic carbocycles. The maximum Gasteiger partial charge on any atom is 0.344 e. The van der Waals surface area contributed by atoms with E-state index in [0.29, 0.717) is 23.7 Å². The topological polar surface area (TPSA) is 111 Å². The van der Waals surface area contributed by atoms with Gasteiger partial charge >= 0.3 is 12.0 Å². The van der Waals surface area contributed by atoms with Gasteiger partial charge in [-0.3, -0.25) is 19.8 Å². The highest BCUT2D eigenvalue weighted by Gasteiger charge is 2.40. The van der Waals surface area contributed by atoms with Crippen LogP contribution in [0.25, 0.3) is 6.08 Å². The summed E-state index contributed by atoms with van der Waals surface area (Å²) in [6.45, 7) is 3.83. The molecule has 1 aromatic rings. The fraction of sp³-hybridized carbons (Fsp3) is 0.455. The first-order valence-electron chi connectivity index (χ1n) is 10.4. The van der Waals surface area contributed by atoms with Crippen LogP contribution in [0.15, 0.2) is 23.8 Å². The number of barbiturate groups is 1. The van der Waals surface area contributed by atoms with Crippen molar-refractivity contribution in [2.45, 2.75) is 45.6 Å². The lowest BCUT2D eigenvalue weighted by Gasteiger charge is -2.31. The molecule has 2 fully saturated rings. The van der Waals surface area contributed by atoms with Crippen molar-refractivity contribution in [1.82, 2.24) is 10.2 Å². The summed E-state index contributed by atoms with van der Waals surface area (Å²) in [5.41, 5.74) is 0.403. The van der Waals surface area contributed by atoms with Gasteiger partial charge in [0, 0.05) is 6.04 Å². The number of benzene rings is 1. The minimum absolute atomic E-state index is 0.117. The molecule has 2 aliphatic rings. The Labute approximate surface area is 180 Å². The molecular formula is C22H26N2O7. The Balaban J connectivity index is 1.84. The summed E-state index contributed by atoms with van der Waals surface area (Å²) in [6, 6.07) is 3.96. The molecule has 1 aliphatic heterocycles. The van der Waals surface area contributed by atoms with Crippen LogP contribution in [0.4, 0.5) is 4.79 Å². The van der Waals surface area contributed by atoms with Gasteiger partial charge in [0.15, 0.2) is 18.1 Å². The highest BCUT2D eigenvalue weighted by Crippen LogP contribution is 2.31. The van der Waals surface area contributed by atoms with Crippen molar-refractivity contribution in [3.8, 4) is 11.5 Å². The summed E-state index contributed by atoms with van der Waals surface area (Å²) in [7, 11) is 0. The van der Waals surface area contributed by atoms with Crippen molar-refractivity contribution in [2.75, 3.05) is 19.8 Å². The fourth-order valence-electron chi connectivity index (χ4n) is 3.67. The van der Waals surface area contributed by atoms with E-state index in [2.05, 4.69) is 5.32 Å². The second-order valence-electron chi connectivity index (χ2n) is 7.16. The van der Waals surface area contributed by atoms with Gasteiger partial charge < -0.3 is 14.2 Å². The molecule has 0 bridgehead atoms. The molecule has 0 radical (unpaired) electrons. The SMILES string of the molecule is CCOC(=O)COc1ccc(/C=C2\C(=O)NC(=O)N(C3CCCC3)C2=O)cc1OCC. The van der Waals surface area contributed by atoms with Crippen molar-refractivity contribution >= 4 is 29.9 Å². The molecule has 9 nitrogen and oxygen atoms in total. The molecule has 166 valence electrons. The number of carbonyl (C=O) groups is 4. The third-order valence-corrected chi connectivity index (χ3v) is 5.05. The Morgan fingerprint density at radius 2 is 1.84 bits per heavy atom. The molecule has 9 heteroatoms.